The van der Waals surface area contributed by atoms with Gasteiger partial charge in [0.05, 0.1) is 17.8 Å². The van der Waals surface area contributed by atoms with Gasteiger partial charge in [0.2, 0.25) is 0 Å². The largest absolute Gasteiger partial charge is 0.394 e. The molecule has 2 rings (SSSR count). The van der Waals surface area contributed by atoms with Crippen LogP contribution in [0.1, 0.15) is 26.7 Å². The van der Waals surface area contributed by atoms with Crippen molar-refractivity contribution in [2.45, 2.75) is 32.2 Å². The summed E-state index contributed by atoms with van der Waals surface area (Å²) >= 11 is 0. The third-order valence-corrected chi connectivity index (χ3v) is 3.83. The molecule has 1 aromatic carbocycles. The minimum Gasteiger partial charge on any atom is -0.394 e. The topological polar surface area (TPSA) is 32.3 Å². The molecule has 0 unspecified atom stereocenters. The molecule has 1 saturated carbocycles. The van der Waals surface area contributed by atoms with Crippen LogP contribution < -0.4 is 5.32 Å². The molecule has 0 radical (unpaired) electrons. The monoisotopic (exact) mass is 237 g/mol. The highest BCUT2D eigenvalue weighted by Gasteiger charge is 2.45. The van der Waals surface area contributed by atoms with E-state index in [1.165, 1.54) is 6.07 Å². The van der Waals surface area contributed by atoms with Gasteiger partial charge in [-0.1, -0.05) is 26.0 Å². The number of aliphatic hydroxyl groups is 1. The van der Waals surface area contributed by atoms with Crippen molar-refractivity contribution in [3.8, 4) is 0 Å². The molecule has 2 nitrogen and oxygen atoms in total. The lowest BCUT2D eigenvalue weighted by molar-refractivity contribution is 0.0645. The number of halogens is 1. The van der Waals surface area contributed by atoms with E-state index in [-0.39, 0.29) is 18.0 Å². The van der Waals surface area contributed by atoms with Gasteiger partial charge in [0.1, 0.15) is 5.82 Å². The Labute approximate surface area is 102 Å². The van der Waals surface area contributed by atoms with Crippen LogP contribution in [0.2, 0.25) is 0 Å². The summed E-state index contributed by atoms with van der Waals surface area (Å²) in [4.78, 5) is 0. The minimum atomic E-state index is -0.322. The maximum Gasteiger partial charge on any atom is 0.146 e. The molecule has 3 heteroatoms. The first-order chi connectivity index (χ1) is 8.06. The van der Waals surface area contributed by atoms with Crippen molar-refractivity contribution in [3.05, 3.63) is 30.1 Å². The highest BCUT2D eigenvalue weighted by atomic mass is 19.1. The Morgan fingerprint density at radius 2 is 2.06 bits per heavy atom. The lowest BCUT2D eigenvalue weighted by atomic mass is 9.64. The fourth-order valence-electron chi connectivity index (χ4n) is 2.53. The quantitative estimate of drug-likeness (QED) is 0.843. The van der Waals surface area contributed by atoms with E-state index in [1.54, 1.807) is 18.2 Å². The van der Waals surface area contributed by atoms with E-state index in [0.717, 1.165) is 12.8 Å². The van der Waals surface area contributed by atoms with Crippen LogP contribution in [0.15, 0.2) is 24.3 Å². The van der Waals surface area contributed by atoms with Crippen molar-refractivity contribution >= 4 is 5.69 Å². The van der Waals surface area contributed by atoms with Gasteiger partial charge in [-0.15, -0.1) is 0 Å². The highest BCUT2D eigenvalue weighted by Crippen LogP contribution is 2.44. The van der Waals surface area contributed by atoms with E-state index >= 15 is 0 Å². The second-order valence-corrected chi connectivity index (χ2v) is 5.46. The summed E-state index contributed by atoms with van der Waals surface area (Å²) in [5.74, 6) is 0.992. The van der Waals surface area contributed by atoms with E-state index in [4.69, 9.17) is 0 Å². The lowest BCUT2D eigenvalue weighted by Gasteiger charge is -2.49. The molecule has 17 heavy (non-hydrogen) atoms. The Morgan fingerprint density at radius 3 is 2.59 bits per heavy atom. The number of hydrogen-bond donors (Lipinski definition) is 2. The van der Waals surface area contributed by atoms with E-state index in [2.05, 4.69) is 19.2 Å². The van der Waals surface area contributed by atoms with Crippen LogP contribution >= 0.6 is 0 Å². The number of hydrogen-bond acceptors (Lipinski definition) is 2. The zero-order valence-corrected chi connectivity index (χ0v) is 10.4. The second kappa shape index (κ2) is 4.65. The molecular weight excluding hydrogens is 217 g/mol. The van der Waals surface area contributed by atoms with Gasteiger partial charge < -0.3 is 10.4 Å². The summed E-state index contributed by atoms with van der Waals surface area (Å²) in [6.07, 6.45) is 1.82. The lowest BCUT2D eigenvalue weighted by Crippen LogP contribution is -2.54. The molecule has 0 aromatic heterocycles. The first-order valence-electron chi connectivity index (χ1n) is 6.20. The first-order valence-corrected chi connectivity index (χ1v) is 6.20. The van der Waals surface area contributed by atoms with E-state index in [9.17, 15) is 9.50 Å². The number of benzene rings is 1. The van der Waals surface area contributed by atoms with Crippen LogP contribution in [0.25, 0.3) is 0 Å². The smallest absolute Gasteiger partial charge is 0.146 e. The third-order valence-electron chi connectivity index (χ3n) is 3.83. The van der Waals surface area contributed by atoms with E-state index < -0.39 is 0 Å². The number of aliphatic hydroxyl groups excluding tert-OH is 1. The summed E-state index contributed by atoms with van der Waals surface area (Å²) in [6, 6.07) is 6.63. The van der Waals surface area contributed by atoms with Gasteiger partial charge >= 0.3 is 0 Å². The summed E-state index contributed by atoms with van der Waals surface area (Å²) in [5, 5.41) is 12.7. The fourth-order valence-corrected chi connectivity index (χ4v) is 2.53. The van der Waals surface area contributed by atoms with Crippen LogP contribution in [-0.4, -0.2) is 17.3 Å². The second-order valence-electron chi connectivity index (χ2n) is 5.46. The van der Waals surface area contributed by atoms with Crippen molar-refractivity contribution in [1.29, 1.82) is 0 Å². The van der Waals surface area contributed by atoms with Crippen LogP contribution in [0.3, 0.4) is 0 Å². The van der Waals surface area contributed by atoms with Crippen molar-refractivity contribution < 1.29 is 9.50 Å². The van der Waals surface area contributed by atoms with Crippen LogP contribution in [0, 0.1) is 17.7 Å². The maximum atomic E-state index is 13.5. The van der Waals surface area contributed by atoms with Gasteiger partial charge in [-0.2, -0.15) is 0 Å². The van der Waals surface area contributed by atoms with Crippen molar-refractivity contribution in [2.75, 3.05) is 11.9 Å². The van der Waals surface area contributed by atoms with E-state index in [0.29, 0.717) is 17.5 Å². The van der Waals surface area contributed by atoms with Crippen LogP contribution in [-0.2, 0) is 0 Å². The zero-order chi connectivity index (χ0) is 12.5. The van der Waals surface area contributed by atoms with Gasteiger partial charge in [0, 0.05) is 0 Å². The first kappa shape index (κ1) is 12.4. The Kier molecular flexibility index (Phi) is 3.38. The summed E-state index contributed by atoms with van der Waals surface area (Å²) < 4.78 is 13.5. The third kappa shape index (κ3) is 2.44. The van der Waals surface area contributed by atoms with Crippen LogP contribution in [0.5, 0.6) is 0 Å². The molecule has 0 bridgehead atoms. The molecule has 1 aliphatic rings. The van der Waals surface area contributed by atoms with Crippen molar-refractivity contribution in [3.63, 3.8) is 0 Å². The SMILES string of the molecule is CC(C)C1CC(CO)(Nc2ccccc2F)C1. The highest BCUT2D eigenvalue weighted by molar-refractivity contribution is 5.47. The molecule has 0 amide bonds. The Bertz CT molecular complexity index is 386. The normalized spacial score (nSPS) is 27.9. The fraction of sp³-hybridized carbons (Fsp3) is 0.571. The van der Waals surface area contributed by atoms with Crippen LogP contribution in [0.4, 0.5) is 10.1 Å². The number of nitrogens with one attached hydrogen (secondary N) is 1. The average molecular weight is 237 g/mol. The van der Waals surface area contributed by atoms with Gasteiger partial charge in [0.15, 0.2) is 0 Å². The molecule has 0 saturated heterocycles. The zero-order valence-electron chi connectivity index (χ0n) is 10.4. The summed E-state index contributed by atoms with van der Waals surface area (Å²) in [6.45, 7) is 4.44. The number of rotatable bonds is 4. The van der Waals surface area contributed by atoms with Gasteiger partial charge in [-0.05, 0) is 36.8 Å². The van der Waals surface area contributed by atoms with Gasteiger partial charge in [-0.3, -0.25) is 0 Å². The molecule has 1 fully saturated rings. The minimum absolute atomic E-state index is 0.0601. The molecule has 94 valence electrons. The predicted molar refractivity (Wildman–Crippen MR) is 67.4 cm³/mol. The predicted octanol–water partition coefficient (Wildman–Crippen LogP) is 3.03. The Balaban J connectivity index is 2.05. The maximum absolute atomic E-state index is 13.5. The Hall–Kier alpha value is -1.09. The van der Waals surface area contributed by atoms with Crippen molar-refractivity contribution in [2.24, 2.45) is 11.8 Å². The standard InChI is InChI=1S/C14H20FNO/c1-10(2)11-7-14(8-11,9-17)16-13-6-4-3-5-12(13)15/h3-6,10-11,16-17H,7-9H2,1-2H3. The molecule has 0 aliphatic heterocycles. The molecule has 1 aliphatic carbocycles. The molecule has 0 atom stereocenters. The average Bonchev–Trinajstić information content (AvgIpc) is 2.25. The summed E-state index contributed by atoms with van der Waals surface area (Å²) in [7, 11) is 0. The molecule has 0 heterocycles. The number of anilines is 1. The molecule has 0 spiro atoms. The molecule has 1 aromatic rings. The van der Waals surface area contributed by atoms with Gasteiger partial charge in [-0.25, -0.2) is 4.39 Å². The molecule has 2 N–H and O–H groups in total. The van der Waals surface area contributed by atoms with Gasteiger partial charge in [0.25, 0.3) is 0 Å². The van der Waals surface area contributed by atoms with E-state index in [1.807, 2.05) is 0 Å². The molecular formula is C14H20FNO. The van der Waals surface area contributed by atoms with Crippen molar-refractivity contribution in [1.82, 2.24) is 0 Å². The number of para-hydroxylation sites is 1. The summed E-state index contributed by atoms with van der Waals surface area (Å²) in [5.41, 5.74) is 0.167. The Morgan fingerprint density at radius 1 is 1.41 bits per heavy atom.